The summed E-state index contributed by atoms with van der Waals surface area (Å²) >= 11 is 0. The number of pyridine rings is 1. The molecule has 3 N–H and O–H groups in total. The van der Waals surface area contributed by atoms with Crippen LogP contribution in [0, 0.1) is 11.3 Å². The molecule has 0 bridgehead atoms. The van der Waals surface area contributed by atoms with Crippen LogP contribution in [0.4, 0.5) is 11.4 Å². The molecule has 1 aromatic heterocycles. The first kappa shape index (κ1) is 22.0. The van der Waals surface area contributed by atoms with Crippen LogP contribution in [0.25, 0.3) is 10.9 Å². The Morgan fingerprint density at radius 2 is 1.91 bits per heavy atom. The molecule has 0 fully saturated rings. The van der Waals surface area contributed by atoms with Gasteiger partial charge in [0.1, 0.15) is 24.3 Å². The van der Waals surface area contributed by atoms with Gasteiger partial charge in [-0.15, -0.1) is 0 Å². The SMILES string of the molecule is COc1cc2ncc(C#N)c(Nc3ccc(OCC4OC=CO4)cc3)c2cc1OCCCN. The van der Waals surface area contributed by atoms with Crippen LogP contribution in [-0.2, 0) is 9.47 Å². The zero-order valence-electron chi connectivity index (χ0n) is 18.1. The second-order valence-electron chi connectivity index (χ2n) is 7.10. The third-order valence-electron chi connectivity index (χ3n) is 4.91. The lowest BCUT2D eigenvalue weighted by molar-refractivity contribution is -0.0520. The maximum absolute atomic E-state index is 9.67. The number of nitriles is 1. The molecule has 0 atom stereocenters. The normalized spacial score (nSPS) is 12.6. The number of nitrogens with one attached hydrogen (secondary N) is 1. The fourth-order valence-corrected chi connectivity index (χ4v) is 3.25. The minimum Gasteiger partial charge on any atom is -0.493 e. The Labute approximate surface area is 191 Å². The van der Waals surface area contributed by atoms with Crippen molar-refractivity contribution in [3.63, 3.8) is 0 Å². The van der Waals surface area contributed by atoms with Crippen LogP contribution in [0.1, 0.15) is 12.0 Å². The van der Waals surface area contributed by atoms with E-state index in [1.165, 1.54) is 18.7 Å². The fraction of sp³-hybridized carbons (Fsp3) is 0.250. The minimum absolute atomic E-state index is 0.266. The number of anilines is 2. The van der Waals surface area contributed by atoms with Crippen molar-refractivity contribution >= 4 is 22.3 Å². The van der Waals surface area contributed by atoms with Crippen molar-refractivity contribution in [3.05, 3.63) is 60.7 Å². The van der Waals surface area contributed by atoms with E-state index in [2.05, 4.69) is 16.4 Å². The Bertz CT molecular complexity index is 1170. The van der Waals surface area contributed by atoms with Crippen molar-refractivity contribution in [2.45, 2.75) is 12.7 Å². The Hall–Kier alpha value is -4.16. The second kappa shape index (κ2) is 10.4. The van der Waals surface area contributed by atoms with E-state index in [-0.39, 0.29) is 6.61 Å². The molecule has 9 nitrogen and oxygen atoms in total. The van der Waals surface area contributed by atoms with Gasteiger partial charge in [0.05, 0.1) is 30.5 Å². The van der Waals surface area contributed by atoms with Gasteiger partial charge in [-0.3, -0.25) is 4.98 Å². The molecule has 0 saturated carbocycles. The molecule has 2 aromatic carbocycles. The second-order valence-corrected chi connectivity index (χ2v) is 7.10. The van der Waals surface area contributed by atoms with Crippen molar-refractivity contribution in [2.24, 2.45) is 5.73 Å². The summed E-state index contributed by atoms with van der Waals surface area (Å²) in [7, 11) is 1.57. The number of ether oxygens (including phenoxy) is 5. The van der Waals surface area contributed by atoms with E-state index in [0.717, 1.165) is 11.1 Å². The first-order valence-electron chi connectivity index (χ1n) is 10.4. The van der Waals surface area contributed by atoms with E-state index in [4.69, 9.17) is 29.4 Å². The van der Waals surface area contributed by atoms with Crippen molar-refractivity contribution in [1.82, 2.24) is 4.98 Å². The molecule has 170 valence electrons. The quantitative estimate of drug-likeness (QED) is 0.446. The van der Waals surface area contributed by atoms with Gasteiger partial charge >= 0.3 is 0 Å². The number of aromatic nitrogens is 1. The largest absolute Gasteiger partial charge is 0.493 e. The predicted molar refractivity (Wildman–Crippen MR) is 122 cm³/mol. The van der Waals surface area contributed by atoms with Gasteiger partial charge in [-0.1, -0.05) is 0 Å². The Morgan fingerprint density at radius 1 is 1.12 bits per heavy atom. The van der Waals surface area contributed by atoms with Gasteiger partial charge < -0.3 is 34.7 Å². The maximum atomic E-state index is 9.67. The van der Waals surface area contributed by atoms with Crippen LogP contribution >= 0.6 is 0 Å². The van der Waals surface area contributed by atoms with Gasteiger partial charge in [-0.25, -0.2) is 0 Å². The summed E-state index contributed by atoms with van der Waals surface area (Å²) in [5, 5.41) is 13.7. The Morgan fingerprint density at radius 3 is 2.61 bits per heavy atom. The molecule has 0 amide bonds. The zero-order valence-corrected chi connectivity index (χ0v) is 18.1. The third kappa shape index (κ3) is 5.19. The molecular weight excluding hydrogens is 424 g/mol. The number of benzene rings is 2. The Balaban J connectivity index is 1.58. The van der Waals surface area contributed by atoms with Gasteiger partial charge in [0.25, 0.3) is 6.29 Å². The molecule has 9 heteroatoms. The third-order valence-corrected chi connectivity index (χ3v) is 4.91. The molecule has 1 aliphatic heterocycles. The fourth-order valence-electron chi connectivity index (χ4n) is 3.25. The molecule has 0 aliphatic carbocycles. The van der Waals surface area contributed by atoms with E-state index in [9.17, 15) is 5.26 Å². The van der Waals surface area contributed by atoms with Crippen molar-refractivity contribution < 1.29 is 23.7 Å². The highest BCUT2D eigenvalue weighted by Gasteiger charge is 2.15. The zero-order chi connectivity index (χ0) is 23.0. The van der Waals surface area contributed by atoms with Crippen molar-refractivity contribution in [2.75, 3.05) is 32.2 Å². The van der Waals surface area contributed by atoms with Crippen molar-refractivity contribution in [1.29, 1.82) is 5.26 Å². The molecule has 0 radical (unpaired) electrons. The number of methoxy groups -OCH3 is 1. The number of nitrogens with zero attached hydrogens (tertiary/aromatic N) is 2. The summed E-state index contributed by atoms with van der Waals surface area (Å²) in [5.74, 6) is 1.79. The van der Waals surface area contributed by atoms with Crippen LogP contribution < -0.4 is 25.3 Å². The molecule has 33 heavy (non-hydrogen) atoms. The van der Waals surface area contributed by atoms with E-state index in [1.54, 1.807) is 13.2 Å². The minimum atomic E-state index is -0.442. The molecule has 3 aromatic rings. The molecule has 2 heterocycles. The molecular formula is C24H24N4O5. The van der Waals surface area contributed by atoms with Crippen LogP contribution in [-0.4, -0.2) is 38.1 Å². The molecule has 1 aliphatic rings. The van der Waals surface area contributed by atoms with E-state index < -0.39 is 6.29 Å². The number of rotatable bonds is 10. The van der Waals surface area contributed by atoms with Crippen LogP contribution in [0.15, 0.2) is 55.1 Å². The summed E-state index contributed by atoms with van der Waals surface area (Å²) in [5.41, 5.74) is 8.06. The van der Waals surface area contributed by atoms with E-state index in [1.807, 2.05) is 30.3 Å². The summed E-state index contributed by atoms with van der Waals surface area (Å²) in [6.07, 6.45) is 4.77. The molecule has 0 saturated heterocycles. The number of fused-ring (bicyclic) bond motifs is 1. The summed E-state index contributed by atoms with van der Waals surface area (Å²) in [6, 6.07) is 13.2. The van der Waals surface area contributed by atoms with Gasteiger partial charge in [0, 0.05) is 23.3 Å². The Kier molecular flexibility index (Phi) is 6.97. The highest BCUT2D eigenvalue weighted by atomic mass is 16.7. The predicted octanol–water partition coefficient (Wildman–Crippen LogP) is 3.81. The smallest absolute Gasteiger partial charge is 0.273 e. The average molecular weight is 448 g/mol. The van der Waals surface area contributed by atoms with Crippen molar-refractivity contribution in [3.8, 4) is 23.3 Å². The average Bonchev–Trinajstić information content (AvgIpc) is 3.37. The first-order valence-corrected chi connectivity index (χ1v) is 10.4. The number of nitrogens with two attached hydrogens (primary N) is 1. The van der Waals surface area contributed by atoms with E-state index >= 15 is 0 Å². The first-order chi connectivity index (χ1) is 16.2. The standard InChI is InChI=1S/C24H24N4O5/c1-29-21-12-20-19(11-22(21)30-8-2-7-25)24(16(13-26)14-27-20)28-17-3-5-18(6-4-17)33-15-23-31-9-10-32-23/h3-6,9-12,14,23H,2,7-8,15,25H2,1H3,(H,27,28). The summed E-state index contributed by atoms with van der Waals surface area (Å²) in [6.45, 7) is 1.25. The van der Waals surface area contributed by atoms with E-state index in [0.29, 0.717) is 53.6 Å². The topological polar surface area (TPSA) is 121 Å². The van der Waals surface area contributed by atoms with Gasteiger partial charge in [0.15, 0.2) is 18.1 Å². The van der Waals surface area contributed by atoms with Gasteiger partial charge in [0.2, 0.25) is 0 Å². The molecule has 4 rings (SSSR count). The van der Waals surface area contributed by atoms with Gasteiger partial charge in [-0.2, -0.15) is 5.26 Å². The lowest BCUT2D eigenvalue weighted by atomic mass is 10.1. The lowest BCUT2D eigenvalue weighted by Crippen LogP contribution is -2.18. The van der Waals surface area contributed by atoms with Crippen LogP contribution in [0.3, 0.4) is 0 Å². The number of hydrogen-bond acceptors (Lipinski definition) is 9. The summed E-state index contributed by atoms with van der Waals surface area (Å²) in [4.78, 5) is 4.41. The number of hydrogen-bond donors (Lipinski definition) is 2. The maximum Gasteiger partial charge on any atom is 0.273 e. The highest BCUT2D eigenvalue weighted by Crippen LogP contribution is 2.37. The monoisotopic (exact) mass is 448 g/mol. The highest BCUT2D eigenvalue weighted by molar-refractivity contribution is 5.97. The molecule has 0 unspecified atom stereocenters. The van der Waals surface area contributed by atoms with Crippen LogP contribution in [0.2, 0.25) is 0 Å². The lowest BCUT2D eigenvalue weighted by Gasteiger charge is -2.16. The van der Waals surface area contributed by atoms with Gasteiger partial charge in [-0.05, 0) is 43.3 Å². The van der Waals surface area contributed by atoms with Crippen LogP contribution in [0.5, 0.6) is 17.2 Å². The molecule has 0 spiro atoms. The summed E-state index contributed by atoms with van der Waals surface area (Å²) < 4.78 is 27.4.